The Balaban J connectivity index is 1.82. The van der Waals surface area contributed by atoms with Crippen molar-refractivity contribution < 1.29 is 14.3 Å². The topological polar surface area (TPSA) is 58.6 Å². The van der Waals surface area contributed by atoms with Crippen LogP contribution in [0.15, 0.2) is 24.3 Å². The van der Waals surface area contributed by atoms with Gasteiger partial charge in [-0.05, 0) is 38.3 Å². The van der Waals surface area contributed by atoms with Gasteiger partial charge in [0.05, 0.1) is 10.9 Å². The van der Waals surface area contributed by atoms with Gasteiger partial charge in [0.1, 0.15) is 5.75 Å². The number of carbonyl (C=O) groups is 2. The lowest BCUT2D eigenvalue weighted by molar-refractivity contribution is -0.141. The minimum atomic E-state index is -0.638. The van der Waals surface area contributed by atoms with Crippen molar-refractivity contribution in [3.63, 3.8) is 0 Å². The minimum Gasteiger partial charge on any atom is -0.479 e. The van der Waals surface area contributed by atoms with E-state index in [9.17, 15) is 9.59 Å². The Morgan fingerprint density at radius 3 is 2.81 bits per heavy atom. The van der Waals surface area contributed by atoms with Crippen molar-refractivity contribution in [3.05, 3.63) is 29.3 Å². The smallest absolute Gasteiger partial charge is 0.263 e. The summed E-state index contributed by atoms with van der Waals surface area (Å²) >= 11 is 6.10. The number of rotatable bonds is 9. The summed E-state index contributed by atoms with van der Waals surface area (Å²) in [5.41, 5.74) is 0. The highest BCUT2D eigenvalue weighted by molar-refractivity contribution is 6.32. The molecule has 1 saturated heterocycles. The maximum Gasteiger partial charge on any atom is 0.263 e. The molecule has 6 heteroatoms. The molecule has 27 heavy (non-hydrogen) atoms. The van der Waals surface area contributed by atoms with E-state index in [4.69, 9.17) is 16.3 Å². The summed E-state index contributed by atoms with van der Waals surface area (Å²) in [6.07, 6.45) is 5.55. The van der Waals surface area contributed by atoms with Crippen LogP contribution in [0.2, 0.25) is 5.02 Å². The van der Waals surface area contributed by atoms with Crippen molar-refractivity contribution in [3.8, 4) is 5.75 Å². The Morgan fingerprint density at radius 1 is 1.30 bits per heavy atom. The van der Waals surface area contributed by atoms with E-state index in [1.165, 1.54) is 12.8 Å². The van der Waals surface area contributed by atoms with Crippen LogP contribution in [0, 0.1) is 5.92 Å². The number of likely N-dealkylation sites (tertiary alicyclic amines) is 1. The quantitative estimate of drug-likeness (QED) is 0.643. The Labute approximate surface area is 167 Å². The zero-order chi connectivity index (χ0) is 19.6. The average molecular weight is 395 g/mol. The zero-order valence-electron chi connectivity index (χ0n) is 16.4. The molecule has 2 unspecified atom stereocenters. The Kier molecular flexibility index (Phi) is 8.92. The van der Waals surface area contributed by atoms with E-state index in [1.807, 2.05) is 12.1 Å². The highest BCUT2D eigenvalue weighted by Crippen LogP contribution is 2.25. The largest absolute Gasteiger partial charge is 0.479 e. The molecule has 2 rings (SSSR count). The lowest BCUT2D eigenvalue weighted by atomic mass is 9.96. The number of hydrogen-bond acceptors (Lipinski definition) is 3. The molecule has 1 aromatic rings. The van der Waals surface area contributed by atoms with Gasteiger partial charge in [0.25, 0.3) is 5.91 Å². The van der Waals surface area contributed by atoms with Crippen molar-refractivity contribution in [2.75, 3.05) is 19.6 Å². The van der Waals surface area contributed by atoms with Crippen LogP contribution in [-0.4, -0.2) is 42.5 Å². The molecule has 1 heterocycles. The molecule has 150 valence electrons. The third kappa shape index (κ3) is 6.73. The minimum absolute atomic E-state index is 0.0590. The van der Waals surface area contributed by atoms with Gasteiger partial charge in [0.2, 0.25) is 5.91 Å². The molecule has 2 amide bonds. The standard InChI is InChI=1S/C21H31ClN2O3/c1-3-4-5-8-13-23-20(25)17-10-9-14-24(15-17)21(26)16(2)27-19-12-7-6-11-18(19)22/h6-7,11-12,16-17H,3-5,8-10,13-15H2,1-2H3,(H,23,25). The van der Waals surface area contributed by atoms with Gasteiger partial charge >= 0.3 is 0 Å². The molecule has 0 saturated carbocycles. The molecular weight excluding hydrogens is 364 g/mol. The molecule has 5 nitrogen and oxygen atoms in total. The Morgan fingerprint density at radius 2 is 2.07 bits per heavy atom. The van der Waals surface area contributed by atoms with Crippen LogP contribution in [-0.2, 0) is 9.59 Å². The summed E-state index contributed by atoms with van der Waals surface area (Å²) in [4.78, 5) is 26.9. The van der Waals surface area contributed by atoms with Crippen molar-refractivity contribution in [2.24, 2.45) is 5.92 Å². The van der Waals surface area contributed by atoms with E-state index in [0.29, 0.717) is 23.9 Å². The third-order valence-electron chi connectivity index (χ3n) is 4.92. The normalized spacial score (nSPS) is 18.0. The number of amides is 2. The van der Waals surface area contributed by atoms with Gasteiger partial charge in [-0.2, -0.15) is 0 Å². The number of nitrogens with one attached hydrogen (secondary N) is 1. The highest BCUT2D eigenvalue weighted by Gasteiger charge is 2.31. The summed E-state index contributed by atoms with van der Waals surface area (Å²) < 4.78 is 5.73. The van der Waals surface area contributed by atoms with E-state index >= 15 is 0 Å². The lowest BCUT2D eigenvalue weighted by Crippen LogP contribution is -2.49. The second kappa shape index (κ2) is 11.2. The summed E-state index contributed by atoms with van der Waals surface area (Å²) in [6.45, 7) is 5.73. The number of unbranched alkanes of at least 4 members (excludes halogenated alkanes) is 3. The average Bonchev–Trinajstić information content (AvgIpc) is 2.69. The van der Waals surface area contributed by atoms with Crippen LogP contribution in [0.25, 0.3) is 0 Å². The van der Waals surface area contributed by atoms with E-state index < -0.39 is 6.10 Å². The van der Waals surface area contributed by atoms with Crippen molar-refractivity contribution in [1.82, 2.24) is 10.2 Å². The Bertz CT molecular complexity index is 623. The fourth-order valence-corrected chi connectivity index (χ4v) is 3.52. The van der Waals surface area contributed by atoms with Gasteiger partial charge in [-0.3, -0.25) is 9.59 Å². The number of ether oxygens (including phenoxy) is 1. The number of para-hydroxylation sites is 1. The fourth-order valence-electron chi connectivity index (χ4n) is 3.34. The molecule has 0 aliphatic carbocycles. The molecule has 1 aromatic carbocycles. The van der Waals surface area contributed by atoms with Crippen LogP contribution >= 0.6 is 11.6 Å². The first-order chi connectivity index (χ1) is 13.0. The molecule has 0 aromatic heterocycles. The van der Waals surface area contributed by atoms with E-state index in [1.54, 1.807) is 24.0 Å². The second-order valence-corrected chi connectivity index (χ2v) is 7.57. The van der Waals surface area contributed by atoms with Crippen LogP contribution in [0.4, 0.5) is 0 Å². The number of hydrogen-bond donors (Lipinski definition) is 1. The summed E-state index contributed by atoms with van der Waals surface area (Å²) in [5, 5.41) is 3.50. The first-order valence-corrected chi connectivity index (χ1v) is 10.4. The number of nitrogens with zero attached hydrogens (tertiary/aromatic N) is 1. The lowest BCUT2D eigenvalue weighted by Gasteiger charge is -2.33. The maximum absolute atomic E-state index is 12.7. The number of carbonyl (C=O) groups excluding carboxylic acids is 2. The van der Waals surface area contributed by atoms with Crippen LogP contribution in [0.3, 0.4) is 0 Å². The van der Waals surface area contributed by atoms with Crippen LogP contribution in [0.1, 0.15) is 52.4 Å². The maximum atomic E-state index is 12.7. The van der Waals surface area contributed by atoms with Crippen molar-refractivity contribution >= 4 is 23.4 Å². The second-order valence-electron chi connectivity index (χ2n) is 7.17. The molecule has 0 bridgehead atoms. The highest BCUT2D eigenvalue weighted by atomic mass is 35.5. The summed E-state index contributed by atoms with van der Waals surface area (Å²) in [7, 11) is 0. The molecule has 1 N–H and O–H groups in total. The van der Waals surface area contributed by atoms with Gasteiger partial charge in [-0.15, -0.1) is 0 Å². The molecular formula is C21H31ClN2O3. The summed E-state index contributed by atoms with van der Waals surface area (Å²) in [6, 6.07) is 7.12. The third-order valence-corrected chi connectivity index (χ3v) is 5.23. The first-order valence-electron chi connectivity index (χ1n) is 10.0. The van der Waals surface area contributed by atoms with E-state index in [-0.39, 0.29) is 17.7 Å². The number of piperidine rings is 1. The molecule has 1 aliphatic rings. The SMILES string of the molecule is CCCCCCNC(=O)C1CCCN(C(=O)C(C)Oc2ccccc2Cl)C1. The van der Waals surface area contributed by atoms with Crippen LogP contribution in [0.5, 0.6) is 5.75 Å². The van der Waals surface area contributed by atoms with E-state index in [0.717, 1.165) is 32.2 Å². The van der Waals surface area contributed by atoms with Gasteiger partial charge in [-0.25, -0.2) is 0 Å². The number of halogens is 1. The van der Waals surface area contributed by atoms with E-state index in [2.05, 4.69) is 12.2 Å². The molecule has 0 radical (unpaired) electrons. The molecule has 1 aliphatic heterocycles. The zero-order valence-corrected chi connectivity index (χ0v) is 17.1. The molecule has 0 spiro atoms. The van der Waals surface area contributed by atoms with Gasteiger partial charge in [-0.1, -0.05) is 49.9 Å². The fraction of sp³-hybridized carbons (Fsp3) is 0.619. The predicted molar refractivity (Wildman–Crippen MR) is 108 cm³/mol. The van der Waals surface area contributed by atoms with Crippen molar-refractivity contribution in [1.29, 1.82) is 0 Å². The predicted octanol–water partition coefficient (Wildman–Crippen LogP) is 4.04. The van der Waals surface area contributed by atoms with Crippen LogP contribution < -0.4 is 10.1 Å². The van der Waals surface area contributed by atoms with Gasteiger partial charge < -0.3 is 15.0 Å². The van der Waals surface area contributed by atoms with Crippen molar-refractivity contribution in [2.45, 2.75) is 58.5 Å². The summed E-state index contributed by atoms with van der Waals surface area (Å²) in [5.74, 6) is 0.318. The Hall–Kier alpha value is -1.75. The monoisotopic (exact) mass is 394 g/mol. The van der Waals surface area contributed by atoms with Gasteiger partial charge in [0, 0.05) is 19.6 Å². The first kappa shape index (κ1) is 21.5. The van der Waals surface area contributed by atoms with Gasteiger partial charge in [0.15, 0.2) is 6.10 Å². The number of benzene rings is 1. The molecule has 1 fully saturated rings. The molecule has 2 atom stereocenters.